The van der Waals surface area contributed by atoms with Crippen LogP contribution in [-0.2, 0) is 0 Å². The van der Waals surface area contributed by atoms with E-state index in [1.165, 1.54) is 36.9 Å². The van der Waals surface area contributed by atoms with E-state index >= 15 is 0 Å². The molecule has 1 heterocycles. The molecule has 15 heavy (non-hydrogen) atoms. The van der Waals surface area contributed by atoms with Crippen LogP contribution in [0, 0.1) is 5.92 Å². The maximum atomic E-state index is 6.09. The van der Waals surface area contributed by atoms with Crippen LogP contribution >= 0.6 is 0 Å². The van der Waals surface area contributed by atoms with Crippen LogP contribution in [0.15, 0.2) is 24.3 Å². The monoisotopic (exact) mass is 202 g/mol. The highest BCUT2D eigenvalue weighted by Crippen LogP contribution is 2.44. The van der Waals surface area contributed by atoms with Crippen molar-refractivity contribution in [2.24, 2.45) is 11.8 Å². The van der Waals surface area contributed by atoms with Crippen LogP contribution < -0.4 is 10.9 Å². The number of nitrogens with zero attached hydrogens (tertiary/aromatic N) is 1. The quantitative estimate of drug-likeness (QED) is 0.655. The highest BCUT2D eigenvalue weighted by atomic mass is 15.4. The summed E-state index contributed by atoms with van der Waals surface area (Å²) in [5, 5.41) is 1.95. The molecule has 2 atom stereocenters. The van der Waals surface area contributed by atoms with E-state index in [0.717, 1.165) is 18.4 Å². The Morgan fingerprint density at radius 2 is 1.93 bits per heavy atom. The molecule has 80 valence electrons. The average Bonchev–Trinajstić information content (AvgIpc) is 2.30. The minimum atomic E-state index is 0.773. The Labute approximate surface area is 91.0 Å². The van der Waals surface area contributed by atoms with E-state index in [2.05, 4.69) is 24.3 Å². The zero-order valence-electron chi connectivity index (χ0n) is 9.02. The van der Waals surface area contributed by atoms with E-state index in [0.29, 0.717) is 0 Å². The number of nitrogens with two attached hydrogens (primary N) is 1. The molecule has 2 N–H and O–H groups in total. The van der Waals surface area contributed by atoms with E-state index in [1.54, 1.807) is 0 Å². The SMILES string of the molecule is NN1CC2CCCCC2c2ccccc21. The van der Waals surface area contributed by atoms with Crippen LogP contribution in [0.5, 0.6) is 0 Å². The normalized spacial score (nSPS) is 29.5. The summed E-state index contributed by atoms with van der Waals surface area (Å²) in [6.07, 6.45) is 5.49. The van der Waals surface area contributed by atoms with Gasteiger partial charge in [0.2, 0.25) is 0 Å². The molecule has 2 heteroatoms. The van der Waals surface area contributed by atoms with Crippen molar-refractivity contribution >= 4 is 5.69 Å². The van der Waals surface area contributed by atoms with Gasteiger partial charge in [0.25, 0.3) is 0 Å². The second-order valence-electron chi connectivity index (χ2n) is 4.86. The molecular formula is C13H18N2. The molecule has 2 unspecified atom stereocenters. The minimum absolute atomic E-state index is 0.773. The number of para-hydroxylation sites is 1. The van der Waals surface area contributed by atoms with Crippen LogP contribution in [0.3, 0.4) is 0 Å². The molecule has 0 spiro atoms. The highest BCUT2D eigenvalue weighted by Gasteiger charge is 2.33. The van der Waals surface area contributed by atoms with Crippen molar-refractivity contribution in [2.75, 3.05) is 11.6 Å². The minimum Gasteiger partial charge on any atom is -0.310 e. The van der Waals surface area contributed by atoms with Crippen LogP contribution in [0.2, 0.25) is 0 Å². The van der Waals surface area contributed by atoms with Gasteiger partial charge in [-0.1, -0.05) is 31.0 Å². The van der Waals surface area contributed by atoms with Crippen molar-refractivity contribution in [3.63, 3.8) is 0 Å². The molecule has 0 amide bonds. The van der Waals surface area contributed by atoms with E-state index in [1.807, 2.05) is 5.01 Å². The van der Waals surface area contributed by atoms with Gasteiger partial charge < -0.3 is 5.01 Å². The summed E-state index contributed by atoms with van der Waals surface area (Å²) in [4.78, 5) is 0. The van der Waals surface area contributed by atoms with Gasteiger partial charge in [-0.05, 0) is 36.3 Å². The standard InChI is InChI=1S/C13H18N2/c14-15-9-10-5-1-2-6-11(10)12-7-3-4-8-13(12)15/h3-4,7-8,10-11H,1-2,5-6,9,14H2. The Bertz CT molecular complexity index is 361. The number of fused-ring (bicyclic) bond motifs is 3. The fourth-order valence-electron chi connectivity index (χ4n) is 3.25. The van der Waals surface area contributed by atoms with Gasteiger partial charge in [0.05, 0.1) is 5.69 Å². The van der Waals surface area contributed by atoms with E-state index in [4.69, 9.17) is 5.84 Å². The zero-order chi connectivity index (χ0) is 10.3. The Morgan fingerprint density at radius 3 is 2.87 bits per heavy atom. The third-order valence-electron chi connectivity index (χ3n) is 3.99. The summed E-state index contributed by atoms with van der Waals surface area (Å²) < 4.78 is 0. The number of hydrazine groups is 1. The molecule has 0 radical (unpaired) electrons. The topological polar surface area (TPSA) is 29.3 Å². The van der Waals surface area contributed by atoms with Crippen molar-refractivity contribution in [3.8, 4) is 0 Å². The zero-order valence-corrected chi connectivity index (χ0v) is 9.02. The van der Waals surface area contributed by atoms with Crippen LogP contribution in [0.25, 0.3) is 0 Å². The summed E-state index contributed by atoms with van der Waals surface area (Å²) >= 11 is 0. The second-order valence-corrected chi connectivity index (χ2v) is 4.86. The number of hydrogen-bond acceptors (Lipinski definition) is 2. The van der Waals surface area contributed by atoms with Gasteiger partial charge in [-0.2, -0.15) is 0 Å². The third-order valence-corrected chi connectivity index (χ3v) is 3.99. The van der Waals surface area contributed by atoms with Gasteiger partial charge in [0, 0.05) is 6.54 Å². The molecule has 2 aliphatic rings. The number of benzene rings is 1. The van der Waals surface area contributed by atoms with Crippen molar-refractivity contribution in [3.05, 3.63) is 29.8 Å². The Balaban J connectivity index is 2.03. The maximum Gasteiger partial charge on any atom is 0.0552 e. The van der Waals surface area contributed by atoms with Gasteiger partial charge in [0.1, 0.15) is 0 Å². The lowest BCUT2D eigenvalue weighted by Gasteiger charge is -2.41. The number of anilines is 1. The average molecular weight is 202 g/mol. The summed E-state index contributed by atoms with van der Waals surface area (Å²) in [7, 11) is 0. The number of hydrogen-bond donors (Lipinski definition) is 1. The van der Waals surface area contributed by atoms with Gasteiger partial charge in [-0.15, -0.1) is 0 Å². The molecule has 1 aliphatic carbocycles. The molecule has 2 nitrogen and oxygen atoms in total. The smallest absolute Gasteiger partial charge is 0.0552 e. The van der Waals surface area contributed by atoms with Crippen molar-refractivity contribution in [1.82, 2.24) is 0 Å². The molecule has 0 bridgehead atoms. The molecule has 3 rings (SSSR count). The van der Waals surface area contributed by atoms with E-state index < -0.39 is 0 Å². The van der Waals surface area contributed by atoms with Gasteiger partial charge in [-0.25, -0.2) is 5.84 Å². The predicted octanol–water partition coefficient (Wildman–Crippen LogP) is 2.65. The first-order valence-corrected chi connectivity index (χ1v) is 5.97. The summed E-state index contributed by atoms with van der Waals surface area (Å²) in [6, 6.07) is 8.64. The van der Waals surface area contributed by atoms with E-state index in [9.17, 15) is 0 Å². The fraction of sp³-hybridized carbons (Fsp3) is 0.538. The molecular weight excluding hydrogens is 184 g/mol. The van der Waals surface area contributed by atoms with Crippen molar-refractivity contribution < 1.29 is 0 Å². The Morgan fingerprint density at radius 1 is 1.13 bits per heavy atom. The summed E-state index contributed by atoms with van der Waals surface area (Å²) in [5.41, 5.74) is 2.73. The molecule has 1 fully saturated rings. The summed E-state index contributed by atoms with van der Waals surface area (Å²) in [6.45, 7) is 1.04. The lowest BCUT2D eigenvalue weighted by atomic mass is 9.73. The molecule has 1 saturated carbocycles. The van der Waals surface area contributed by atoms with E-state index in [-0.39, 0.29) is 0 Å². The first-order valence-electron chi connectivity index (χ1n) is 5.97. The fourth-order valence-corrected chi connectivity index (χ4v) is 3.25. The van der Waals surface area contributed by atoms with Crippen molar-refractivity contribution in [2.45, 2.75) is 31.6 Å². The largest absolute Gasteiger partial charge is 0.310 e. The van der Waals surface area contributed by atoms with Crippen LogP contribution in [-0.4, -0.2) is 6.54 Å². The van der Waals surface area contributed by atoms with Crippen molar-refractivity contribution in [1.29, 1.82) is 0 Å². The second kappa shape index (κ2) is 3.53. The first-order chi connectivity index (χ1) is 7.36. The Hall–Kier alpha value is -1.02. The molecule has 1 aromatic rings. The lowest BCUT2D eigenvalue weighted by molar-refractivity contribution is 0.297. The van der Waals surface area contributed by atoms with Gasteiger partial charge in [0.15, 0.2) is 0 Å². The Kier molecular flexibility index (Phi) is 2.17. The predicted molar refractivity (Wildman–Crippen MR) is 62.7 cm³/mol. The maximum absolute atomic E-state index is 6.09. The number of rotatable bonds is 0. The van der Waals surface area contributed by atoms with Crippen LogP contribution in [0.1, 0.15) is 37.2 Å². The highest BCUT2D eigenvalue weighted by molar-refractivity contribution is 5.56. The molecule has 0 aromatic heterocycles. The molecule has 1 aromatic carbocycles. The lowest BCUT2D eigenvalue weighted by Crippen LogP contribution is -2.43. The first kappa shape index (κ1) is 9.22. The third kappa shape index (κ3) is 1.44. The van der Waals surface area contributed by atoms with Gasteiger partial charge in [-0.3, -0.25) is 0 Å². The molecule has 0 saturated heterocycles. The molecule has 1 aliphatic heterocycles. The van der Waals surface area contributed by atoms with Gasteiger partial charge >= 0.3 is 0 Å². The summed E-state index contributed by atoms with van der Waals surface area (Å²) in [5.74, 6) is 7.65. The van der Waals surface area contributed by atoms with Crippen LogP contribution in [0.4, 0.5) is 5.69 Å².